The molecule has 0 atom stereocenters. The molecule has 0 saturated carbocycles. The number of ether oxygens (including phenoxy) is 1. The van der Waals surface area contributed by atoms with Crippen molar-refractivity contribution in [2.75, 3.05) is 7.11 Å². The van der Waals surface area contributed by atoms with Crippen LogP contribution in [0.4, 0.5) is 0 Å². The molecule has 0 fully saturated rings. The van der Waals surface area contributed by atoms with Crippen molar-refractivity contribution in [1.82, 2.24) is 0 Å². The predicted octanol–water partition coefficient (Wildman–Crippen LogP) is 4.05. The Labute approximate surface area is 97.1 Å². The molecule has 0 aliphatic carbocycles. The standard InChI is InChI=1S/C15H18O/c1-11(2)8-14-9-12-6-4-5-7-13(12)10-15(14)16-3/h4-7,9-11H,8H2,1-3H3. The van der Waals surface area contributed by atoms with Crippen molar-refractivity contribution in [2.24, 2.45) is 5.92 Å². The largest absolute Gasteiger partial charge is 0.496 e. The summed E-state index contributed by atoms with van der Waals surface area (Å²) in [6.07, 6.45) is 1.06. The van der Waals surface area contributed by atoms with Crippen molar-refractivity contribution in [3.05, 3.63) is 42.0 Å². The predicted molar refractivity (Wildman–Crippen MR) is 69.0 cm³/mol. The first-order valence-electron chi connectivity index (χ1n) is 5.76. The Bertz CT molecular complexity index is 486. The Morgan fingerprint density at radius 2 is 1.69 bits per heavy atom. The van der Waals surface area contributed by atoms with Gasteiger partial charge in [0.2, 0.25) is 0 Å². The van der Waals surface area contributed by atoms with Gasteiger partial charge in [-0.1, -0.05) is 38.1 Å². The highest BCUT2D eigenvalue weighted by Crippen LogP contribution is 2.27. The lowest BCUT2D eigenvalue weighted by Crippen LogP contribution is -1.98. The van der Waals surface area contributed by atoms with Crippen molar-refractivity contribution >= 4 is 10.8 Å². The van der Waals surface area contributed by atoms with Gasteiger partial charge in [-0.25, -0.2) is 0 Å². The molecule has 0 aromatic heterocycles. The summed E-state index contributed by atoms with van der Waals surface area (Å²) in [5, 5.41) is 2.53. The molecule has 0 bridgehead atoms. The monoisotopic (exact) mass is 214 g/mol. The summed E-state index contributed by atoms with van der Waals surface area (Å²) < 4.78 is 5.45. The molecule has 0 amide bonds. The lowest BCUT2D eigenvalue weighted by atomic mass is 9.98. The van der Waals surface area contributed by atoms with Crippen LogP contribution in [-0.4, -0.2) is 7.11 Å². The number of benzene rings is 2. The van der Waals surface area contributed by atoms with Gasteiger partial charge in [-0.05, 0) is 40.8 Å². The minimum Gasteiger partial charge on any atom is -0.496 e. The third kappa shape index (κ3) is 2.19. The SMILES string of the molecule is COc1cc2ccccc2cc1CC(C)C. The molecule has 1 nitrogen and oxygen atoms in total. The van der Waals surface area contributed by atoms with Crippen LogP contribution in [0, 0.1) is 5.92 Å². The van der Waals surface area contributed by atoms with Gasteiger partial charge in [-0.3, -0.25) is 0 Å². The number of rotatable bonds is 3. The maximum absolute atomic E-state index is 5.45. The number of hydrogen-bond acceptors (Lipinski definition) is 1. The van der Waals surface area contributed by atoms with E-state index < -0.39 is 0 Å². The van der Waals surface area contributed by atoms with Crippen LogP contribution in [0.1, 0.15) is 19.4 Å². The molecular weight excluding hydrogens is 196 g/mol. The van der Waals surface area contributed by atoms with Crippen molar-refractivity contribution < 1.29 is 4.74 Å². The molecule has 0 heterocycles. The van der Waals surface area contributed by atoms with E-state index in [1.165, 1.54) is 16.3 Å². The van der Waals surface area contributed by atoms with E-state index in [0.29, 0.717) is 5.92 Å². The van der Waals surface area contributed by atoms with Crippen molar-refractivity contribution in [3.8, 4) is 5.75 Å². The van der Waals surface area contributed by atoms with Gasteiger partial charge in [0.15, 0.2) is 0 Å². The average molecular weight is 214 g/mol. The number of methoxy groups -OCH3 is 1. The van der Waals surface area contributed by atoms with Crippen LogP contribution in [0.2, 0.25) is 0 Å². The maximum atomic E-state index is 5.45. The first-order valence-corrected chi connectivity index (χ1v) is 5.76. The average Bonchev–Trinajstić information content (AvgIpc) is 2.27. The van der Waals surface area contributed by atoms with E-state index in [0.717, 1.165) is 12.2 Å². The van der Waals surface area contributed by atoms with Gasteiger partial charge in [0.05, 0.1) is 7.11 Å². The zero-order chi connectivity index (χ0) is 11.5. The van der Waals surface area contributed by atoms with E-state index in [1.807, 2.05) is 0 Å². The Morgan fingerprint density at radius 3 is 2.25 bits per heavy atom. The molecule has 0 saturated heterocycles. The van der Waals surface area contributed by atoms with Gasteiger partial charge in [0.1, 0.15) is 5.75 Å². The van der Waals surface area contributed by atoms with Gasteiger partial charge in [-0.2, -0.15) is 0 Å². The highest BCUT2D eigenvalue weighted by molar-refractivity contribution is 5.85. The Kier molecular flexibility index (Phi) is 3.14. The van der Waals surface area contributed by atoms with E-state index in [9.17, 15) is 0 Å². The minimum atomic E-state index is 0.648. The first-order chi connectivity index (χ1) is 7.70. The number of hydrogen-bond donors (Lipinski definition) is 0. The molecule has 0 unspecified atom stereocenters. The van der Waals surface area contributed by atoms with Crippen molar-refractivity contribution in [3.63, 3.8) is 0 Å². The van der Waals surface area contributed by atoms with Gasteiger partial charge in [0, 0.05) is 0 Å². The highest BCUT2D eigenvalue weighted by Gasteiger charge is 2.06. The molecule has 84 valence electrons. The van der Waals surface area contributed by atoms with Crippen molar-refractivity contribution in [2.45, 2.75) is 20.3 Å². The van der Waals surface area contributed by atoms with E-state index in [-0.39, 0.29) is 0 Å². The molecule has 0 spiro atoms. The topological polar surface area (TPSA) is 9.23 Å². The Balaban J connectivity index is 2.53. The summed E-state index contributed by atoms with van der Waals surface area (Å²) in [6, 6.07) is 12.8. The maximum Gasteiger partial charge on any atom is 0.122 e. The summed E-state index contributed by atoms with van der Waals surface area (Å²) in [5.41, 5.74) is 1.30. The van der Waals surface area contributed by atoms with E-state index in [4.69, 9.17) is 4.74 Å². The Morgan fingerprint density at radius 1 is 1.06 bits per heavy atom. The fourth-order valence-corrected chi connectivity index (χ4v) is 2.06. The normalized spacial score (nSPS) is 11.0. The molecule has 2 rings (SSSR count). The zero-order valence-electron chi connectivity index (χ0n) is 10.2. The second-order valence-electron chi connectivity index (χ2n) is 4.61. The van der Waals surface area contributed by atoms with Gasteiger partial charge in [0.25, 0.3) is 0 Å². The van der Waals surface area contributed by atoms with Gasteiger partial charge < -0.3 is 4.74 Å². The molecule has 1 heteroatoms. The third-order valence-corrected chi connectivity index (χ3v) is 2.78. The van der Waals surface area contributed by atoms with Crippen LogP contribution in [-0.2, 0) is 6.42 Å². The molecule has 2 aromatic rings. The fourth-order valence-electron chi connectivity index (χ4n) is 2.06. The van der Waals surface area contributed by atoms with E-state index in [2.05, 4.69) is 50.2 Å². The van der Waals surface area contributed by atoms with E-state index in [1.54, 1.807) is 7.11 Å². The number of fused-ring (bicyclic) bond motifs is 1. The van der Waals surface area contributed by atoms with Crippen LogP contribution < -0.4 is 4.74 Å². The zero-order valence-corrected chi connectivity index (χ0v) is 10.2. The van der Waals surface area contributed by atoms with Crippen LogP contribution in [0.5, 0.6) is 5.75 Å². The fraction of sp³-hybridized carbons (Fsp3) is 0.333. The first kappa shape index (κ1) is 11.0. The summed E-state index contributed by atoms with van der Waals surface area (Å²) >= 11 is 0. The second kappa shape index (κ2) is 4.56. The molecule has 2 aromatic carbocycles. The highest BCUT2D eigenvalue weighted by atomic mass is 16.5. The second-order valence-corrected chi connectivity index (χ2v) is 4.61. The van der Waals surface area contributed by atoms with Crippen LogP contribution >= 0.6 is 0 Å². The van der Waals surface area contributed by atoms with Gasteiger partial charge in [-0.15, -0.1) is 0 Å². The smallest absolute Gasteiger partial charge is 0.122 e. The Hall–Kier alpha value is -1.50. The summed E-state index contributed by atoms with van der Waals surface area (Å²) in [6.45, 7) is 4.46. The summed E-state index contributed by atoms with van der Waals surface area (Å²) in [4.78, 5) is 0. The van der Waals surface area contributed by atoms with Gasteiger partial charge >= 0.3 is 0 Å². The van der Waals surface area contributed by atoms with Crippen LogP contribution in [0.25, 0.3) is 10.8 Å². The van der Waals surface area contributed by atoms with E-state index >= 15 is 0 Å². The third-order valence-electron chi connectivity index (χ3n) is 2.78. The molecule has 0 aliphatic rings. The van der Waals surface area contributed by atoms with Crippen LogP contribution in [0.3, 0.4) is 0 Å². The minimum absolute atomic E-state index is 0.648. The molecule has 0 N–H and O–H groups in total. The summed E-state index contributed by atoms with van der Waals surface area (Å²) in [5.74, 6) is 1.66. The molecule has 16 heavy (non-hydrogen) atoms. The molecule has 0 aliphatic heterocycles. The molecule has 0 radical (unpaired) electrons. The van der Waals surface area contributed by atoms with Crippen molar-refractivity contribution in [1.29, 1.82) is 0 Å². The molecular formula is C15H18O. The van der Waals surface area contributed by atoms with Crippen LogP contribution in [0.15, 0.2) is 36.4 Å². The quantitative estimate of drug-likeness (QED) is 0.749. The lowest BCUT2D eigenvalue weighted by Gasteiger charge is -2.12. The summed E-state index contributed by atoms with van der Waals surface area (Å²) in [7, 11) is 1.74. The lowest BCUT2D eigenvalue weighted by molar-refractivity contribution is 0.407.